The molecule has 0 amide bonds. The average Bonchev–Trinajstić information content (AvgIpc) is 2.65. The second-order valence-electron chi connectivity index (χ2n) is 4.03. The number of esters is 1. The fraction of sp³-hybridized carbons (Fsp3) is 0.333. The summed E-state index contributed by atoms with van der Waals surface area (Å²) in [6.07, 6.45) is 3.04. The van der Waals surface area contributed by atoms with Gasteiger partial charge >= 0.3 is 5.97 Å². The monoisotopic (exact) mass is 392 g/mol. The summed E-state index contributed by atoms with van der Waals surface area (Å²) in [4.78, 5) is 13.5. The zero-order valence-electron chi connectivity index (χ0n) is 10.8. The molecule has 0 aliphatic carbocycles. The average molecular weight is 394 g/mol. The number of pyridine rings is 1. The van der Waals surface area contributed by atoms with E-state index in [1.54, 1.807) is 4.57 Å². The fourth-order valence-electron chi connectivity index (χ4n) is 1.68. The maximum Gasteiger partial charge on any atom is 0.354 e. The van der Waals surface area contributed by atoms with E-state index in [-0.39, 0.29) is 17.0 Å². The number of halogens is 2. The molecule has 0 bridgehead atoms. The van der Waals surface area contributed by atoms with E-state index in [1.807, 2.05) is 43.5 Å². The number of methoxy groups -OCH3 is 1. The van der Waals surface area contributed by atoms with Gasteiger partial charge in [-0.05, 0) is 15.9 Å². The highest BCUT2D eigenvalue weighted by atomic mass is 79.9. The molecule has 19 heavy (non-hydrogen) atoms. The molecule has 0 saturated carbocycles. The second-order valence-corrected chi connectivity index (χ2v) is 4.82. The molecule has 1 aromatic rings. The van der Waals surface area contributed by atoms with Crippen LogP contribution in [-0.4, -0.2) is 33.5 Å². The van der Waals surface area contributed by atoms with Crippen molar-refractivity contribution >= 4 is 33.3 Å². The molecule has 0 unspecified atom stereocenters. The van der Waals surface area contributed by atoms with Crippen LogP contribution in [-0.2, 0) is 14.3 Å². The third-order valence-corrected chi connectivity index (χ3v) is 3.39. The van der Waals surface area contributed by atoms with E-state index in [2.05, 4.69) is 15.9 Å². The first kappa shape index (κ1) is 16.1. The number of anilines is 1. The molecule has 0 saturated heterocycles. The zero-order valence-corrected chi connectivity index (χ0v) is 13.9. The first-order valence-corrected chi connectivity index (χ1v) is 6.16. The minimum absolute atomic E-state index is 0. The van der Waals surface area contributed by atoms with Crippen LogP contribution in [0.5, 0.6) is 0 Å². The lowest BCUT2D eigenvalue weighted by atomic mass is 10.3. The molecule has 5 nitrogen and oxygen atoms in total. The largest absolute Gasteiger partial charge is 1.00 e. The van der Waals surface area contributed by atoms with Crippen LogP contribution in [0.25, 0.3) is 5.70 Å². The number of rotatable bonds is 3. The second kappa shape index (κ2) is 6.49. The summed E-state index contributed by atoms with van der Waals surface area (Å²) in [5, 5.41) is 0. The van der Waals surface area contributed by atoms with Gasteiger partial charge in [0, 0.05) is 39.0 Å². The normalized spacial score (nSPS) is 18.1. The Hall–Kier alpha value is -0.920. The molecule has 1 atom stereocenters. The predicted molar refractivity (Wildman–Crippen MR) is 70.0 cm³/mol. The maximum absolute atomic E-state index is 11.5. The smallest absolute Gasteiger partial charge is 0.354 e. The molecule has 1 aliphatic rings. The van der Waals surface area contributed by atoms with Crippen LogP contribution in [0.4, 0.5) is 5.69 Å². The molecule has 104 valence electrons. The Morgan fingerprint density at radius 1 is 1.37 bits per heavy atom. The quantitative estimate of drug-likeness (QED) is 0.446. The molecule has 0 N–H and O–H groups in total. The summed E-state index contributed by atoms with van der Waals surface area (Å²) in [5.74, 6) is -0.416. The van der Waals surface area contributed by atoms with E-state index in [9.17, 15) is 4.79 Å². The van der Waals surface area contributed by atoms with E-state index in [0.29, 0.717) is 10.2 Å². The summed E-state index contributed by atoms with van der Waals surface area (Å²) in [6.45, 7) is 0. The molecule has 7 heteroatoms. The van der Waals surface area contributed by atoms with E-state index in [1.165, 1.54) is 7.11 Å². The van der Waals surface area contributed by atoms with Crippen molar-refractivity contribution in [1.29, 1.82) is 0 Å². The predicted octanol–water partition coefficient (Wildman–Crippen LogP) is -1.86. The van der Waals surface area contributed by atoms with Gasteiger partial charge in [-0.1, -0.05) is 0 Å². The van der Waals surface area contributed by atoms with Crippen molar-refractivity contribution in [3.8, 4) is 0 Å². The highest BCUT2D eigenvalue weighted by Crippen LogP contribution is 2.27. The van der Waals surface area contributed by atoms with Crippen LogP contribution < -0.4 is 26.4 Å². The first-order chi connectivity index (χ1) is 8.54. The Morgan fingerprint density at radius 2 is 1.95 bits per heavy atom. The lowest BCUT2D eigenvalue weighted by Gasteiger charge is -2.11. The Kier molecular flexibility index (Phi) is 5.51. The zero-order chi connectivity index (χ0) is 13.3. The highest BCUT2D eigenvalue weighted by Gasteiger charge is 2.40. The summed E-state index contributed by atoms with van der Waals surface area (Å²) in [7, 11) is 5.43. The van der Waals surface area contributed by atoms with Crippen molar-refractivity contribution in [2.24, 2.45) is 0 Å². The van der Waals surface area contributed by atoms with Crippen molar-refractivity contribution in [3.05, 3.63) is 29.0 Å². The fourth-order valence-corrected chi connectivity index (χ4v) is 2.17. The van der Waals surface area contributed by atoms with Gasteiger partial charge in [-0.15, -0.1) is 0 Å². The first-order valence-electron chi connectivity index (χ1n) is 5.37. The standard InChI is InChI=1S/C12H14BrN2O3.BrH/c1-14(2)8-4-6-15(7-5-8)10-9(13)11(16)18-12(10)17-3;/h4-7,12H,1-3H3;1H/q+1;/p-1/t12-;/m0./s1. The van der Waals surface area contributed by atoms with Gasteiger partial charge < -0.3 is 31.4 Å². The van der Waals surface area contributed by atoms with Gasteiger partial charge in [0.05, 0.1) is 0 Å². The van der Waals surface area contributed by atoms with Crippen LogP contribution >= 0.6 is 15.9 Å². The summed E-state index contributed by atoms with van der Waals surface area (Å²) < 4.78 is 12.4. The summed E-state index contributed by atoms with van der Waals surface area (Å²) in [5.41, 5.74) is 1.72. The van der Waals surface area contributed by atoms with Crippen molar-refractivity contribution in [3.63, 3.8) is 0 Å². The summed E-state index contributed by atoms with van der Waals surface area (Å²) in [6, 6.07) is 3.89. The van der Waals surface area contributed by atoms with Crippen LogP contribution in [0.1, 0.15) is 0 Å². The van der Waals surface area contributed by atoms with Gasteiger partial charge in [0.15, 0.2) is 16.9 Å². The SMILES string of the molecule is CO[C@H]1OC(=O)C(Br)=C1[n+]1ccc(N(C)C)cc1.[Br-]. The van der Waals surface area contributed by atoms with Crippen LogP contribution in [0.15, 0.2) is 29.0 Å². The minimum atomic E-state index is -0.679. The third-order valence-electron chi connectivity index (χ3n) is 2.66. The lowest BCUT2D eigenvalue weighted by molar-refractivity contribution is -0.589. The maximum atomic E-state index is 11.5. The number of hydrogen-bond donors (Lipinski definition) is 0. The van der Waals surface area contributed by atoms with Gasteiger partial charge in [-0.3, -0.25) is 0 Å². The number of nitrogens with zero attached hydrogens (tertiary/aromatic N) is 2. The Labute approximate surface area is 130 Å². The molecule has 0 aromatic carbocycles. The molecule has 0 fully saturated rings. The van der Waals surface area contributed by atoms with Gasteiger partial charge in [-0.25, -0.2) is 4.79 Å². The Morgan fingerprint density at radius 3 is 2.42 bits per heavy atom. The van der Waals surface area contributed by atoms with E-state index in [4.69, 9.17) is 9.47 Å². The topological polar surface area (TPSA) is 42.7 Å². The van der Waals surface area contributed by atoms with Crippen LogP contribution in [0.3, 0.4) is 0 Å². The lowest BCUT2D eigenvalue weighted by Crippen LogP contribution is -3.00. The third kappa shape index (κ3) is 3.16. The Bertz CT molecular complexity index is 500. The Balaban J connectivity index is 0.00000180. The minimum Gasteiger partial charge on any atom is -1.00 e. The number of aromatic nitrogens is 1. The summed E-state index contributed by atoms with van der Waals surface area (Å²) >= 11 is 3.23. The van der Waals surface area contributed by atoms with Crippen molar-refractivity contribution < 1.29 is 35.8 Å². The van der Waals surface area contributed by atoms with Crippen molar-refractivity contribution in [2.75, 3.05) is 26.1 Å². The van der Waals surface area contributed by atoms with E-state index < -0.39 is 12.3 Å². The molecule has 1 aromatic heterocycles. The van der Waals surface area contributed by atoms with Gasteiger partial charge in [0.1, 0.15) is 0 Å². The van der Waals surface area contributed by atoms with Gasteiger partial charge in [-0.2, -0.15) is 4.57 Å². The number of carbonyl (C=O) groups is 1. The number of ether oxygens (including phenoxy) is 2. The molecular formula is C12H14Br2N2O3. The highest BCUT2D eigenvalue weighted by molar-refractivity contribution is 9.12. The number of carbonyl (C=O) groups excluding carboxylic acids is 1. The van der Waals surface area contributed by atoms with Crippen LogP contribution in [0.2, 0.25) is 0 Å². The van der Waals surface area contributed by atoms with E-state index in [0.717, 1.165) is 5.69 Å². The van der Waals surface area contributed by atoms with E-state index >= 15 is 0 Å². The molecule has 2 rings (SSSR count). The van der Waals surface area contributed by atoms with Gasteiger partial charge in [0.25, 0.3) is 12.0 Å². The molecule has 0 spiro atoms. The van der Waals surface area contributed by atoms with Crippen molar-refractivity contribution in [1.82, 2.24) is 0 Å². The number of cyclic esters (lactones) is 1. The molecular weight excluding hydrogens is 380 g/mol. The molecule has 2 heterocycles. The van der Waals surface area contributed by atoms with Crippen molar-refractivity contribution in [2.45, 2.75) is 6.29 Å². The molecule has 1 aliphatic heterocycles. The number of hydrogen-bond acceptors (Lipinski definition) is 4. The van der Waals surface area contributed by atoms with Crippen LogP contribution in [0, 0.1) is 0 Å². The molecule has 0 radical (unpaired) electrons. The van der Waals surface area contributed by atoms with Gasteiger partial charge in [0.2, 0.25) is 0 Å².